The number of nitrogens with one attached hydrogen (secondary N) is 1. The van der Waals surface area contributed by atoms with Crippen molar-refractivity contribution in [3.8, 4) is 11.6 Å². The maximum Gasteiger partial charge on any atom is 0.224 e. The number of benzene rings is 1. The van der Waals surface area contributed by atoms with Crippen molar-refractivity contribution in [3.05, 3.63) is 42.2 Å². The normalized spacial score (nSPS) is 9.88. The van der Waals surface area contributed by atoms with Crippen LogP contribution in [0.2, 0.25) is 0 Å². The van der Waals surface area contributed by atoms with E-state index < -0.39 is 0 Å². The van der Waals surface area contributed by atoms with Gasteiger partial charge in [-0.3, -0.25) is 0 Å². The van der Waals surface area contributed by atoms with Gasteiger partial charge in [0.1, 0.15) is 17.9 Å². The van der Waals surface area contributed by atoms with Gasteiger partial charge in [-0.25, -0.2) is 9.97 Å². The lowest BCUT2D eigenvalue weighted by molar-refractivity contribution is 0.461. The number of aromatic nitrogens is 2. The van der Waals surface area contributed by atoms with Gasteiger partial charge in [-0.05, 0) is 24.6 Å². The molecular weight excluding hydrogens is 202 g/mol. The van der Waals surface area contributed by atoms with E-state index in [9.17, 15) is 0 Å². The van der Waals surface area contributed by atoms with E-state index in [0.717, 1.165) is 17.1 Å². The van der Waals surface area contributed by atoms with Crippen molar-refractivity contribution in [2.45, 2.75) is 6.92 Å². The first kappa shape index (κ1) is 10.4. The van der Waals surface area contributed by atoms with Gasteiger partial charge in [0.15, 0.2) is 0 Å². The summed E-state index contributed by atoms with van der Waals surface area (Å²) < 4.78 is 5.61. The highest BCUT2D eigenvalue weighted by molar-refractivity contribution is 5.38. The molecule has 2 aromatic rings. The van der Waals surface area contributed by atoms with Gasteiger partial charge in [0, 0.05) is 13.1 Å². The Morgan fingerprint density at radius 3 is 2.81 bits per heavy atom. The van der Waals surface area contributed by atoms with Crippen LogP contribution in [-0.2, 0) is 0 Å². The molecular formula is C12H13N3O. The Morgan fingerprint density at radius 1 is 1.19 bits per heavy atom. The fourth-order valence-corrected chi connectivity index (χ4v) is 1.33. The molecule has 1 heterocycles. The molecule has 0 bridgehead atoms. The quantitative estimate of drug-likeness (QED) is 0.855. The number of aryl methyl sites for hydroxylation is 1. The molecule has 0 atom stereocenters. The number of hydrogen-bond acceptors (Lipinski definition) is 4. The fourth-order valence-electron chi connectivity index (χ4n) is 1.33. The van der Waals surface area contributed by atoms with Crippen LogP contribution in [0.1, 0.15) is 5.56 Å². The Morgan fingerprint density at radius 2 is 2.06 bits per heavy atom. The third-order valence-electron chi connectivity index (χ3n) is 2.11. The molecule has 4 heteroatoms. The Hall–Kier alpha value is -2.10. The second kappa shape index (κ2) is 4.61. The Balaban J connectivity index is 2.20. The average molecular weight is 215 g/mol. The molecule has 4 nitrogen and oxygen atoms in total. The zero-order valence-electron chi connectivity index (χ0n) is 9.27. The summed E-state index contributed by atoms with van der Waals surface area (Å²) >= 11 is 0. The number of nitrogens with zero attached hydrogens (tertiary/aromatic N) is 2. The summed E-state index contributed by atoms with van der Waals surface area (Å²) in [4.78, 5) is 8.05. The largest absolute Gasteiger partial charge is 0.439 e. The monoisotopic (exact) mass is 215 g/mol. The van der Waals surface area contributed by atoms with Crippen LogP contribution in [0.4, 0.5) is 5.82 Å². The number of ether oxygens (including phenoxy) is 1. The lowest BCUT2D eigenvalue weighted by Gasteiger charge is -2.06. The Bertz CT molecular complexity index is 485. The molecule has 1 aromatic heterocycles. The molecule has 0 aliphatic carbocycles. The van der Waals surface area contributed by atoms with Crippen LogP contribution in [0.5, 0.6) is 11.6 Å². The van der Waals surface area contributed by atoms with Crippen molar-refractivity contribution in [1.29, 1.82) is 0 Å². The Kier molecular flexibility index (Phi) is 3.00. The highest BCUT2D eigenvalue weighted by atomic mass is 16.5. The van der Waals surface area contributed by atoms with Crippen LogP contribution in [0.25, 0.3) is 0 Å². The molecule has 0 unspecified atom stereocenters. The summed E-state index contributed by atoms with van der Waals surface area (Å²) in [5.74, 6) is 2.04. The van der Waals surface area contributed by atoms with Gasteiger partial charge in [0.05, 0.1) is 0 Å². The lowest BCUT2D eigenvalue weighted by atomic mass is 10.2. The fraction of sp³-hybridized carbons (Fsp3) is 0.167. The zero-order chi connectivity index (χ0) is 11.4. The molecule has 0 aliphatic heterocycles. The van der Waals surface area contributed by atoms with Gasteiger partial charge in [0.25, 0.3) is 0 Å². The topological polar surface area (TPSA) is 47.0 Å². The third-order valence-corrected chi connectivity index (χ3v) is 2.11. The van der Waals surface area contributed by atoms with E-state index in [1.54, 1.807) is 13.1 Å². The van der Waals surface area contributed by atoms with Crippen molar-refractivity contribution in [3.63, 3.8) is 0 Å². The molecule has 1 aromatic carbocycles. The van der Waals surface area contributed by atoms with Crippen molar-refractivity contribution >= 4 is 5.82 Å². The molecule has 0 saturated heterocycles. The van der Waals surface area contributed by atoms with E-state index in [-0.39, 0.29) is 0 Å². The molecule has 0 aliphatic rings. The van der Waals surface area contributed by atoms with Crippen LogP contribution < -0.4 is 10.1 Å². The first-order chi connectivity index (χ1) is 7.78. The minimum atomic E-state index is 0.532. The summed E-state index contributed by atoms with van der Waals surface area (Å²) in [5.41, 5.74) is 1.15. The maximum absolute atomic E-state index is 5.61. The SMILES string of the molecule is CNc1cc(Oc2cccc(C)c2)ncn1. The predicted octanol–water partition coefficient (Wildman–Crippen LogP) is 2.62. The lowest BCUT2D eigenvalue weighted by Crippen LogP contribution is -1.95. The van der Waals surface area contributed by atoms with Gasteiger partial charge in [-0.15, -0.1) is 0 Å². The second-order valence-corrected chi connectivity index (χ2v) is 3.41. The standard InChI is InChI=1S/C12H13N3O/c1-9-4-3-5-10(6-9)16-12-7-11(13-2)14-8-15-12/h3-8H,1-2H3,(H,13,14,15). The van der Waals surface area contributed by atoms with Crippen LogP contribution in [-0.4, -0.2) is 17.0 Å². The summed E-state index contributed by atoms with van der Waals surface area (Å²) in [6, 6.07) is 9.58. The molecule has 1 N–H and O–H groups in total. The van der Waals surface area contributed by atoms with Crippen LogP contribution >= 0.6 is 0 Å². The van der Waals surface area contributed by atoms with E-state index in [0.29, 0.717) is 5.88 Å². The minimum Gasteiger partial charge on any atom is -0.439 e. The highest BCUT2D eigenvalue weighted by Gasteiger charge is 2.00. The molecule has 82 valence electrons. The van der Waals surface area contributed by atoms with Crippen molar-refractivity contribution in [1.82, 2.24) is 9.97 Å². The molecule has 0 radical (unpaired) electrons. The first-order valence-electron chi connectivity index (χ1n) is 5.02. The van der Waals surface area contributed by atoms with Crippen LogP contribution in [0, 0.1) is 6.92 Å². The van der Waals surface area contributed by atoms with Crippen molar-refractivity contribution in [2.75, 3.05) is 12.4 Å². The summed E-state index contributed by atoms with van der Waals surface area (Å²) in [6.45, 7) is 2.02. The number of hydrogen-bond donors (Lipinski definition) is 1. The average Bonchev–Trinajstić information content (AvgIpc) is 2.29. The molecule has 0 amide bonds. The predicted molar refractivity (Wildman–Crippen MR) is 62.8 cm³/mol. The van der Waals surface area contributed by atoms with E-state index in [1.807, 2.05) is 31.2 Å². The molecule has 0 saturated carbocycles. The van der Waals surface area contributed by atoms with Crippen LogP contribution in [0.15, 0.2) is 36.7 Å². The number of rotatable bonds is 3. The molecule has 2 rings (SSSR count). The number of anilines is 1. The van der Waals surface area contributed by atoms with E-state index >= 15 is 0 Å². The van der Waals surface area contributed by atoms with Gasteiger partial charge in [-0.2, -0.15) is 0 Å². The van der Waals surface area contributed by atoms with Gasteiger partial charge in [-0.1, -0.05) is 12.1 Å². The summed E-state index contributed by atoms with van der Waals surface area (Å²) in [6.07, 6.45) is 1.47. The van der Waals surface area contributed by atoms with Gasteiger partial charge < -0.3 is 10.1 Å². The van der Waals surface area contributed by atoms with Crippen molar-refractivity contribution in [2.24, 2.45) is 0 Å². The van der Waals surface area contributed by atoms with Crippen LogP contribution in [0.3, 0.4) is 0 Å². The summed E-state index contributed by atoms with van der Waals surface area (Å²) in [7, 11) is 1.80. The highest BCUT2D eigenvalue weighted by Crippen LogP contribution is 2.21. The maximum atomic E-state index is 5.61. The van der Waals surface area contributed by atoms with Gasteiger partial charge >= 0.3 is 0 Å². The Labute approximate surface area is 94.3 Å². The smallest absolute Gasteiger partial charge is 0.224 e. The van der Waals surface area contributed by atoms with E-state index in [1.165, 1.54) is 6.33 Å². The molecule has 0 fully saturated rings. The molecule has 16 heavy (non-hydrogen) atoms. The van der Waals surface area contributed by atoms with Crippen molar-refractivity contribution < 1.29 is 4.74 Å². The van der Waals surface area contributed by atoms with Gasteiger partial charge in [0.2, 0.25) is 5.88 Å². The van der Waals surface area contributed by atoms with E-state index in [2.05, 4.69) is 15.3 Å². The van der Waals surface area contributed by atoms with E-state index in [4.69, 9.17) is 4.74 Å². The third kappa shape index (κ3) is 2.48. The second-order valence-electron chi connectivity index (χ2n) is 3.41. The molecule has 0 spiro atoms. The summed E-state index contributed by atoms with van der Waals surface area (Å²) in [5, 5.41) is 2.93. The minimum absolute atomic E-state index is 0.532. The first-order valence-corrected chi connectivity index (χ1v) is 5.02. The zero-order valence-corrected chi connectivity index (χ0v) is 9.27.